The standard InChI is InChI=1S/C21H25N5O6/c1-12-23-15(16-6-18(32-25-16)19-11-30-14(9-27)10-31-19)5-17(24-12)21(29)22-7-13-3-4-20(28)26(2)8-13/h3-5,8,14,18-19,27H,6-7,9-11H2,1-2H3,(H,22,29)/t14-,18?,19-/m1/s1. The normalized spacial score (nSPS) is 22.8. The monoisotopic (exact) mass is 443 g/mol. The van der Waals surface area contributed by atoms with Gasteiger partial charge in [0.05, 0.1) is 25.5 Å². The van der Waals surface area contributed by atoms with Crippen LogP contribution in [0.4, 0.5) is 0 Å². The first-order valence-corrected chi connectivity index (χ1v) is 10.3. The molecule has 0 aliphatic carbocycles. The second kappa shape index (κ2) is 9.55. The maximum atomic E-state index is 12.7. The first kappa shape index (κ1) is 22.1. The van der Waals surface area contributed by atoms with Crippen LogP contribution in [-0.4, -0.2) is 69.4 Å². The SMILES string of the molecule is Cc1nc(C(=O)NCc2ccc(=O)n(C)c2)cc(C2=NOC([C@H]3CO[C@H](CO)CO3)C2)n1. The first-order chi connectivity index (χ1) is 15.4. The van der Waals surface area contributed by atoms with Crippen LogP contribution in [0.25, 0.3) is 0 Å². The topological polar surface area (TPSA) is 137 Å². The van der Waals surface area contributed by atoms with Crippen molar-refractivity contribution >= 4 is 11.6 Å². The van der Waals surface area contributed by atoms with E-state index in [1.54, 1.807) is 32.3 Å². The van der Waals surface area contributed by atoms with Crippen LogP contribution < -0.4 is 10.9 Å². The van der Waals surface area contributed by atoms with Gasteiger partial charge in [-0.3, -0.25) is 9.59 Å². The second-order valence-electron chi connectivity index (χ2n) is 7.75. The Hall–Kier alpha value is -3.15. The van der Waals surface area contributed by atoms with Gasteiger partial charge >= 0.3 is 0 Å². The number of amides is 1. The minimum atomic E-state index is -0.360. The molecular weight excluding hydrogens is 418 g/mol. The number of pyridine rings is 1. The lowest BCUT2D eigenvalue weighted by molar-refractivity contribution is -0.178. The number of hydrogen-bond acceptors (Lipinski definition) is 9. The van der Waals surface area contributed by atoms with E-state index in [1.807, 2.05) is 0 Å². The highest BCUT2D eigenvalue weighted by atomic mass is 16.7. The first-order valence-electron chi connectivity index (χ1n) is 10.3. The van der Waals surface area contributed by atoms with Gasteiger partial charge in [0.2, 0.25) is 5.56 Å². The van der Waals surface area contributed by atoms with Crippen molar-refractivity contribution in [1.82, 2.24) is 19.9 Å². The van der Waals surface area contributed by atoms with Gasteiger partial charge in [-0.15, -0.1) is 0 Å². The lowest BCUT2D eigenvalue weighted by Crippen LogP contribution is -2.43. The Kier molecular flexibility index (Phi) is 6.58. The van der Waals surface area contributed by atoms with Crippen molar-refractivity contribution in [2.45, 2.75) is 38.2 Å². The van der Waals surface area contributed by atoms with Crippen molar-refractivity contribution in [2.75, 3.05) is 19.8 Å². The molecule has 4 heterocycles. The Morgan fingerprint density at radius 2 is 2.09 bits per heavy atom. The number of aromatic nitrogens is 3. The molecule has 1 saturated heterocycles. The van der Waals surface area contributed by atoms with E-state index in [9.17, 15) is 9.59 Å². The van der Waals surface area contributed by atoms with Crippen LogP contribution in [-0.2, 0) is 27.9 Å². The molecule has 2 aliphatic rings. The summed E-state index contributed by atoms with van der Waals surface area (Å²) in [7, 11) is 1.65. The zero-order valence-electron chi connectivity index (χ0n) is 17.9. The number of hydrogen-bond donors (Lipinski definition) is 2. The number of carbonyl (C=O) groups is 1. The van der Waals surface area contributed by atoms with Crippen LogP contribution >= 0.6 is 0 Å². The molecule has 0 aromatic carbocycles. The summed E-state index contributed by atoms with van der Waals surface area (Å²) >= 11 is 0. The van der Waals surface area contributed by atoms with Crippen molar-refractivity contribution < 1.29 is 24.2 Å². The molecular formula is C21H25N5O6. The second-order valence-corrected chi connectivity index (χ2v) is 7.75. The van der Waals surface area contributed by atoms with Gasteiger partial charge in [0.15, 0.2) is 6.10 Å². The molecule has 11 nitrogen and oxygen atoms in total. The highest BCUT2D eigenvalue weighted by Crippen LogP contribution is 2.23. The van der Waals surface area contributed by atoms with E-state index in [1.165, 1.54) is 10.6 Å². The number of aryl methyl sites for hydroxylation is 2. The van der Waals surface area contributed by atoms with Gasteiger partial charge in [0.25, 0.3) is 5.91 Å². The molecule has 170 valence electrons. The molecule has 1 unspecified atom stereocenters. The summed E-state index contributed by atoms with van der Waals surface area (Å²) in [6, 6.07) is 4.70. The van der Waals surface area contributed by atoms with Crippen molar-refractivity contribution in [2.24, 2.45) is 12.2 Å². The van der Waals surface area contributed by atoms with Gasteiger partial charge < -0.3 is 29.3 Å². The number of ether oxygens (including phenoxy) is 2. The summed E-state index contributed by atoms with van der Waals surface area (Å²) in [4.78, 5) is 38.3. The molecule has 4 rings (SSSR count). The minimum Gasteiger partial charge on any atom is -0.394 e. The number of aliphatic hydroxyl groups excluding tert-OH is 1. The molecule has 2 N–H and O–H groups in total. The third-order valence-electron chi connectivity index (χ3n) is 5.27. The predicted octanol–water partition coefficient (Wildman–Crippen LogP) is -0.317. The van der Waals surface area contributed by atoms with Crippen LogP contribution in [0.15, 0.2) is 34.3 Å². The lowest BCUT2D eigenvalue weighted by Gasteiger charge is -2.30. The Morgan fingerprint density at radius 1 is 1.25 bits per heavy atom. The number of aliphatic hydroxyl groups is 1. The summed E-state index contributed by atoms with van der Waals surface area (Å²) in [5, 5.41) is 16.1. The van der Waals surface area contributed by atoms with Crippen LogP contribution in [0.5, 0.6) is 0 Å². The molecule has 0 spiro atoms. The number of nitrogens with zero attached hydrogens (tertiary/aromatic N) is 4. The van der Waals surface area contributed by atoms with Gasteiger partial charge in [-0.2, -0.15) is 0 Å². The number of rotatable bonds is 6. The van der Waals surface area contributed by atoms with E-state index in [2.05, 4.69) is 20.4 Å². The van der Waals surface area contributed by atoms with Crippen LogP contribution in [0, 0.1) is 6.92 Å². The number of oxime groups is 1. The third-order valence-corrected chi connectivity index (χ3v) is 5.27. The quantitative estimate of drug-likeness (QED) is 0.620. The highest BCUT2D eigenvalue weighted by Gasteiger charge is 2.35. The van der Waals surface area contributed by atoms with E-state index in [0.717, 1.165) is 5.56 Å². The molecule has 32 heavy (non-hydrogen) atoms. The van der Waals surface area contributed by atoms with E-state index in [4.69, 9.17) is 19.4 Å². The minimum absolute atomic E-state index is 0.0898. The summed E-state index contributed by atoms with van der Waals surface area (Å²) in [6.07, 6.45) is 1.17. The average molecular weight is 443 g/mol. The number of carbonyl (C=O) groups excluding carboxylic acids is 1. The smallest absolute Gasteiger partial charge is 0.270 e. The fourth-order valence-electron chi connectivity index (χ4n) is 3.49. The van der Waals surface area contributed by atoms with Gasteiger partial charge in [0.1, 0.15) is 29.4 Å². The predicted molar refractivity (Wildman–Crippen MR) is 112 cm³/mol. The van der Waals surface area contributed by atoms with Crippen molar-refractivity contribution in [3.63, 3.8) is 0 Å². The molecule has 0 bridgehead atoms. The van der Waals surface area contributed by atoms with Crippen LogP contribution in [0.2, 0.25) is 0 Å². The maximum Gasteiger partial charge on any atom is 0.270 e. The van der Waals surface area contributed by atoms with Crippen LogP contribution in [0.1, 0.15) is 34.0 Å². The molecule has 11 heteroatoms. The summed E-state index contributed by atoms with van der Waals surface area (Å²) in [5.74, 6) is 0.0738. The van der Waals surface area contributed by atoms with E-state index < -0.39 is 0 Å². The Labute approximate surface area is 184 Å². The average Bonchev–Trinajstić information content (AvgIpc) is 3.30. The third kappa shape index (κ3) is 5.01. The largest absolute Gasteiger partial charge is 0.394 e. The Morgan fingerprint density at radius 3 is 2.81 bits per heavy atom. The summed E-state index contributed by atoms with van der Waals surface area (Å²) in [6.45, 7) is 2.47. The van der Waals surface area contributed by atoms with Gasteiger partial charge in [-0.05, 0) is 18.6 Å². The Balaban J connectivity index is 1.39. The number of nitrogens with one attached hydrogen (secondary N) is 1. The fraction of sp³-hybridized carbons (Fsp3) is 0.476. The highest BCUT2D eigenvalue weighted by molar-refractivity contribution is 6.01. The zero-order chi connectivity index (χ0) is 22.7. The van der Waals surface area contributed by atoms with Crippen molar-refractivity contribution in [3.8, 4) is 0 Å². The molecule has 1 amide bonds. The molecule has 2 aromatic heterocycles. The van der Waals surface area contributed by atoms with E-state index in [-0.39, 0.29) is 48.6 Å². The van der Waals surface area contributed by atoms with Gasteiger partial charge in [-0.25, -0.2) is 9.97 Å². The Bertz CT molecular complexity index is 1080. The van der Waals surface area contributed by atoms with Gasteiger partial charge in [-0.1, -0.05) is 11.2 Å². The molecule has 0 saturated carbocycles. The fourth-order valence-corrected chi connectivity index (χ4v) is 3.49. The molecule has 1 fully saturated rings. The maximum absolute atomic E-state index is 12.7. The molecule has 3 atom stereocenters. The van der Waals surface area contributed by atoms with Crippen molar-refractivity contribution in [1.29, 1.82) is 0 Å². The molecule has 2 aliphatic heterocycles. The van der Waals surface area contributed by atoms with E-state index >= 15 is 0 Å². The summed E-state index contributed by atoms with van der Waals surface area (Å²) in [5.41, 5.74) is 2.00. The lowest BCUT2D eigenvalue weighted by atomic mass is 10.0. The van der Waals surface area contributed by atoms with Gasteiger partial charge in [0, 0.05) is 32.3 Å². The molecule has 2 aromatic rings. The van der Waals surface area contributed by atoms with Crippen LogP contribution in [0.3, 0.4) is 0 Å². The zero-order valence-corrected chi connectivity index (χ0v) is 17.9. The molecule has 0 radical (unpaired) electrons. The van der Waals surface area contributed by atoms with E-state index in [0.29, 0.717) is 36.9 Å². The summed E-state index contributed by atoms with van der Waals surface area (Å²) < 4.78 is 12.7. The van der Waals surface area contributed by atoms with Crippen molar-refractivity contribution in [3.05, 3.63) is 57.5 Å².